The standard InChI is InChI=1S/C14H23NO2/c1-14(2,3)15-13(17)11-7-9-5-4-6-10(8-11)12(9)16/h9-11H,4-8H2,1-3H3,(H,15,17)/t9-,10+,11?. The molecule has 2 saturated carbocycles. The summed E-state index contributed by atoms with van der Waals surface area (Å²) in [4.78, 5) is 24.1. The molecule has 0 heterocycles. The van der Waals surface area contributed by atoms with Crippen LogP contribution in [-0.2, 0) is 9.59 Å². The second-order valence-electron chi connectivity index (χ2n) is 6.63. The van der Waals surface area contributed by atoms with Crippen LogP contribution in [0, 0.1) is 17.8 Å². The van der Waals surface area contributed by atoms with Gasteiger partial charge in [-0.15, -0.1) is 0 Å². The van der Waals surface area contributed by atoms with E-state index >= 15 is 0 Å². The van der Waals surface area contributed by atoms with Crippen molar-refractivity contribution in [3.05, 3.63) is 0 Å². The van der Waals surface area contributed by atoms with E-state index in [9.17, 15) is 9.59 Å². The topological polar surface area (TPSA) is 46.2 Å². The molecule has 3 heteroatoms. The van der Waals surface area contributed by atoms with Crippen molar-refractivity contribution in [2.24, 2.45) is 17.8 Å². The van der Waals surface area contributed by atoms with Crippen molar-refractivity contribution in [3.63, 3.8) is 0 Å². The molecule has 2 aliphatic rings. The minimum absolute atomic E-state index is 0.0576. The fourth-order valence-corrected chi connectivity index (χ4v) is 3.17. The Morgan fingerprint density at radius 2 is 1.71 bits per heavy atom. The minimum Gasteiger partial charge on any atom is -0.351 e. The van der Waals surface area contributed by atoms with E-state index in [0.29, 0.717) is 5.78 Å². The molecule has 0 spiro atoms. The lowest BCUT2D eigenvalue weighted by molar-refractivity contribution is -0.138. The van der Waals surface area contributed by atoms with Crippen molar-refractivity contribution in [2.45, 2.75) is 58.4 Å². The van der Waals surface area contributed by atoms with E-state index in [2.05, 4.69) is 5.32 Å². The summed E-state index contributed by atoms with van der Waals surface area (Å²) in [7, 11) is 0. The molecule has 0 aromatic heterocycles. The third kappa shape index (κ3) is 2.88. The molecule has 1 unspecified atom stereocenters. The Bertz CT molecular complexity index is 314. The molecule has 0 saturated heterocycles. The molecule has 0 aliphatic heterocycles. The summed E-state index contributed by atoms with van der Waals surface area (Å²) in [6, 6.07) is 0. The summed E-state index contributed by atoms with van der Waals surface area (Å²) in [6.45, 7) is 6.00. The van der Waals surface area contributed by atoms with E-state index in [1.165, 1.54) is 0 Å². The monoisotopic (exact) mass is 237 g/mol. The molecule has 2 bridgehead atoms. The Kier molecular flexibility index (Phi) is 3.28. The highest BCUT2D eigenvalue weighted by Crippen LogP contribution is 2.40. The van der Waals surface area contributed by atoms with Crippen LogP contribution in [-0.4, -0.2) is 17.2 Å². The third-order valence-corrected chi connectivity index (χ3v) is 3.92. The van der Waals surface area contributed by atoms with Crippen LogP contribution in [0.25, 0.3) is 0 Å². The van der Waals surface area contributed by atoms with Crippen LogP contribution < -0.4 is 5.32 Å². The molecule has 2 fully saturated rings. The maximum atomic E-state index is 12.1. The lowest BCUT2D eigenvalue weighted by Gasteiger charge is -2.38. The van der Waals surface area contributed by atoms with E-state index in [0.717, 1.165) is 32.1 Å². The molecule has 0 aromatic carbocycles. The normalized spacial score (nSPS) is 33.4. The average molecular weight is 237 g/mol. The lowest BCUT2D eigenvalue weighted by atomic mass is 9.67. The highest BCUT2D eigenvalue weighted by Gasteiger charge is 2.41. The van der Waals surface area contributed by atoms with Crippen LogP contribution in [0.5, 0.6) is 0 Å². The van der Waals surface area contributed by atoms with E-state index in [1.807, 2.05) is 20.8 Å². The maximum Gasteiger partial charge on any atom is 0.223 e. The van der Waals surface area contributed by atoms with Gasteiger partial charge in [-0.1, -0.05) is 6.42 Å². The van der Waals surface area contributed by atoms with Gasteiger partial charge < -0.3 is 5.32 Å². The van der Waals surface area contributed by atoms with Gasteiger partial charge >= 0.3 is 0 Å². The number of nitrogens with one attached hydrogen (secondary N) is 1. The van der Waals surface area contributed by atoms with Crippen LogP contribution in [0.4, 0.5) is 0 Å². The van der Waals surface area contributed by atoms with Gasteiger partial charge in [-0.25, -0.2) is 0 Å². The van der Waals surface area contributed by atoms with Crippen LogP contribution in [0.2, 0.25) is 0 Å². The highest BCUT2D eigenvalue weighted by molar-refractivity contribution is 5.88. The molecule has 2 rings (SSSR count). The lowest BCUT2D eigenvalue weighted by Crippen LogP contribution is -2.48. The van der Waals surface area contributed by atoms with Crippen LogP contribution in [0.15, 0.2) is 0 Å². The van der Waals surface area contributed by atoms with Crippen molar-refractivity contribution in [1.29, 1.82) is 0 Å². The molecular weight excluding hydrogens is 214 g/mol. The maximum absolute atomic E-state index is 12.1. The number of carbonyl (C=O) groups excluding carboxylic acids is 2. The zero-order chi connectivity index (χ0) is 12.6. The van der Waals surface area contributed by atoms with Gasteiger partial charge in [-0.05, 0) is 46.5 Å². The van der Waals surface area contributed by atoms with Crippen LogP contribution >= 0.6 is 0 Å². The zero-order valence-corrected chi connectivity index (χ0v) is 11.1. The van der Waals surface area contributed by atoms with Gasteiger partial charge in [-0.3, -0.25) is 9.59 Å². The van der Waals surface area contributed by atoms with Gasteiger partial charge in [0, 0.05) is 23.3 Å². The van der Waals surface area contributed by atoms with Crippen molar-refractivity contribution in [3.8, 4) is 0 Å². The van der Waals surface area contributed by atoms with Gasteiger partial charge in [-0.2, -0.15) is 0 Å². The Hall–Kier alpha value is -0.860. The Morgan fingerprint density at radius 1 is 1.18 bits per heavy atom. The largest absolute Gasteiger partial charge is 0.351 e. The first-order chi connectivity index (χ1) is 7.87. The van der Waals surface area contributed by atoms with Gasteiger partial charge in [0.1, 0.15) is 5.78 Å². The molecule has 17 heavy (non-hydrogen) atoms. The summed E-state index contributed by atoms with van der Waals surface area (Å²) < 4.78 is 0. The number of hydrogen-bond acceptors (Lipinski definition) is 2. The SMILES string of the molecule is CC(C)(C)NC(=O)C1C[C@H]2CCC[C@@H](C1)C2=O. The number of amides is 1. The van der Waals surface area contributed by atoms with E-state index < -0.39 is 0 Å². The predicted octanol–water partition coefficient (Wildman–Crippen LogP) is 2.30. The third-order valence-electron chi connectivity index (χ3n) is 3.92. The minimum atomic E-state index is -0.173. The number of hydrogen-bond donors (Lipinski definition) is 1. The zero-order valence-electron chi connectivity index (χ0n) is 11.1. The molecule has 0 aromatic rings. The first kappa shape index (κ1) is 12.6. The first-order valence-corrected chi connectivity index (χ1v) is 6.72. The van der Waals surface area contributed by atoms with E-state index in [1.54, 1.807) is 0 Å². The number of rotatable bonds is 1. The summed E-state index contributed by atoms with van der Waals surface area (Å²) in [6.07, 6.45) is 4.70. The summed E-state index contributed by atoms with van der Waals surface area (Å²) in [5.41, 5.74) is -0.173. The summed E-state index contributed by atoms with van der Waals surface area (Å²) in [5.74, 6) is 0.955. The molecule has 3 atom stereocenters. The Balaban J connectivity index is 2.00. The Labute approximate surface area is 103 Å². The predicted molar refractivity (Wildman–Crippen MR) is 66.5 cm³/mol. The van der Waals surface area contributed by atoms with Crippen LogP contribution in [0.1, 0.15) is 52.9 Å². The average Bonchev–Trinajstić information content (AvgIpc) is 2.13. The molecule has 0 radical (unpaired) electrons. The van der Waals surface area contributed by atoms with Gasteiger partial charge in [0.2, 0.25) is 5.91 Å². The highest BCUT2D eigenvalue weighted by atomic mass is 16.2. The van der Waals surface area contributed by atoms with Crippen molar-refractivity contribution in [1.82, 2.24) is 5.32 Å². The van der Waals surface area contributed by atoms with Crippen molar-refractivity contribution < 1.29 is 9.59 Å². The van der Waals surface area contributed by atoms with Crippen molar-refractivity contribution in [2.75, 3.05) is 0 Å². The fourth-order valence-electron chi connectivity index (χ4n) is 3.17. The first-order valence-electron chi connectivity index (χ1n) is 6.72. The Morgan fingerprint density at radius 3 is 2.18 bits per heavy atom. The smallest absolute Gasteiger partial charge is 0.223 e. The van der Waals surface area contributed by atoms with Crippen molar-refractivity contribution >= 4 is 11.7 Å². The van der Waals surface area contributed by atoms with Crippen LogP contribution in [0.3, 0.4) is 0 Å². The number of Topliss-reactive ketones (excluding diaryl/α,β-unsaturated/α-hetero) is 1. The number of carbonyl (C=O) groups is 2. The fraction of sp³-hybridized carbons (Fsp3) is 0.857. The van der Waals surface area contributed by atoms with Gasteiger partial charge in [0.25, 0.3) is 0 Å². The molecule has 1 N–H and O–H groups in total. The van der Waals surface area contributed by atoms with E-state index in [-0.39, 0.29) is 29.2 Å². The second-order valence-corrected chi connectivity index (χ2v) is 6.63. The quantitative estimate of drug-likeness (QED) is 0.760. The number of ketones is 1. The number of fused-ring (bicyclic) bond motifs is 2. The molecule has 96 valence electrons. The molecule has 3 nitrogen and oxygen atoms in total. The molecule has 2 aliphatic carbocycles. The molecule has 1 amide bonds. The summed E-state index contributed by atoms with van der Waals surface area (Å²) >= 11 is 0. The van der Waals surface area contributed by atoms with Gasteiger partial charge in [0.05, 0.1) is 0 Å². The summed E-state index contributed by atoms with van der Waals surface area (Å²) in [5, 5.41) is 3.04. The van der Waals surface area contributed by atoms with E-state index in [4.69, 9.17) is 0 Å². The second kappa shape index (κ2) is 4.43. The molecular formula is C14H23NO2. The van der Waals surface area contributed by atoms with Gasteiger partial charge in [0.15, 0.2) is 0 Å².